The van der Waals surface area contributed by atoms with Gasteiger partial charge in [-0.2, -0.15) is 0 Å². The molecule has 0 atom stereocenters. The van der Waals surface area contributed by atoms with Crippen molar-refractivity contribution < 1.29 is 4.39 Å². The summed E-state index contributed by atoms with van der Waals surface area (Å²) >= 11 is 5.91. The van der Waals surface area contributed by atoms with Crippen molar-refractivity contribution in [1.29, 1.82) is 0 Å². The zero-order valence-corrected chi connectivity index (χ0v) is 14.9. The van der Waals surface area contributed by atoms with Gasteiger partial charge in [-0.25, -0.2) is 4.39 Å². The summed E-state index contributed by atoms with van der Waals surface area (Å²) in [6.45, 7) is 3.97. The molecule has 2 nitrogen and oxygen atoms in total. The third-order valence-electron chi connectivity index (χ3n) is 5.53. The third-order valence-corrected chi connectivity index (χ3v) is 5.78. The van der Waals surface area contributed by atoms with Crippen molar-refractivity contribution >= 4 is 23.4 Å². The predicted octanol–water partition coefficient (Wildman–Crippen LogP) is 4.95. The molecule has 0 saturated carbocycles. The number of anilines is 1. The van der Waals surface area contributed by atoms with Crippen LogP contribution in [0.25, 0.3) is 6.08 Å². The molecule has 1 fully saturated rings. The van der Waals surface area contributed by atoms with Crippen LogP contribution in [0.15, 0.2) is 48.5 Å². The summed E-state index contributed by atoms with van der Waals surface area (Å²) in [4.78, 5) is 2.47. The molecule has 1 spiro atoms. The minimum Gasteiger partial charge on any atom is -0.384 e. The van der Waals surface area contributed by atoms with Crippen molar-refractivity contribution in [3.8, 4) is 0 Å². The number of piperidine rings is 1. The predicted molar refractivity (Wildman–Crippen MR) is 103 cm³/mol. The van der Waals surface area contributed by atoms with Crippen LogP contribution in [-0.2, 0) is 5.41 Å². The summed E-state index contributed by atoms with van der Waals surface area (Å²) in [5.74, 6) is -0.129. The van der Waals surface area contributed by atoms with Crippen LogP contribution in [-0.4, -0.2) is 31.1 Å². The van der Waals surface area contributed by atoms with Crippen LogP contribution in [0.4, 0.5) is 10.1 Å². The maximum Gasteiger partial charge on any atom is 0.123 e. The number of halogens is 2. The first-order valence-corrected chi connectivity index (χ1v) is 9.21. The van der Waals surface area contributed by atoms with Crippen molar-refractivity contribution in [2.75, 3.05) is 31.5 Å². The van der Waals surface area contributed by atoms with Gasteiger partial charge < -0.3 is 5.32 Å². The van der Waals surface area contributed by atoms with E-state index in [0.29, 0.717) is 0 Å². The van der Waals surface area contributed by atoms with E-state index in [9.17, 15) is 4.39 Å². The smallest absolute Gasteiger partial charge is 0.123 e. The maximum atomic E-state index is 13.7. The number of hydrogen-bond acceptors (Lipinski definition) is 2. The fraction of sp³-hybridized carbons (Fsp3) is 0.333. The highest BCUT2D eigenvalue weighted by Gasteiger charge is 2.41. The minimum atomic E-state index is -0.129. The first kappa shape index (κ1) is 16.6. The van der Waals surface area contributed by atoms with Gasteiger partial charge in [0.25, 0.3) is 0 Å². The normalized spacial score (nSPS) is 19.3. The Balaban J connectivity index is 1.36. The molecule has 0 unspecified atom stereocenters. The molecule has 0 radical (unpaired) electrons. The van der Waals surface area contributed by atoms with Crippen molar-refractivity contribution in [2.45, 2.75) is 18.3 Å². The van der Waals surface area contributed by atoms with Gasteiger partial charge in [0.15, 0.2) is 0 Å². The first-order valence-electron chi connectivity index (χ1n) is 8.83. The maximum absolute atomic E-state index is 13.7. The molecule has 25 heavy (non-hydrogen) atoms. The Morgan fingerprint density at radius 2 is 1.88 bits per heavy atom. The fourth-order valence-electron chi connectivity index (χ4n) is 3.99. The number of rotatable bonds is 3. The molecule has 0 amide bonds. The zero-order chi connectivity index (χ0) is 17.3. The number of hydrogen-bond donors (Lipinski definition) is 1. The number of nitrogens with one attached hydrogen (secondary N) is 1. The van der Waals surface area contributed by atoms with Gasteiger partial charge in [-0.3, -0.25) is 4.90 Å². The molecular formula is C21H22ClFN2. The van der Waals surface area contributed by atoms with E-state index in [1.165, 1.54) is 11.1 Å². The number of likely N-dealkylation sites (tertiary alicyclic amines) is 1. The molecule has 2 aromatic rings. The molecule has 2 aliphatic rings. The van der Waals surface area contributed by atoms with E-state index in [4.69, 9.17) is 11.6 Å². The largest absolute Gasteiger partial charge is 0.384 e. The van der Waals surface area contributed by atoms with E-state index >= 15 is 0 Å². The van der Waals surface area contributed by atoms with Gasteiger partial charge in [0, 0.05) is 29.2 Å². The molecule has 0 aromatic heterocycles. The molecule has 2 heterocycles. The van der Waals surface area contributed by atoms with Crippen molar-refractivity contribution in [3.63, 3.8) is 0 Å². The van der Waals surface area contributed by atoms with Crippen LogP contribution in [0, 0.1) is 5.82 Å². The van der Waals surface area contributed by atoms with Crippen LogP contribution >= 0.6 is 11.6 Å². The Kier molecular flexibility index (Phi) is 4.53. The Hall–Kier alpha value is -1.84. The molecular weight excluding hydrogens is 335 g/mol. The lowest BCUT2D eigenvalue weighted by Gasteiger charge is -2.39. The molecule has 130 valence electrons. The summed E-state index contributed by atoms with van der Waals surface area (Å²) in [7, 11) is 0. The summed E-state index contributed by atoms with van der Waals surface area (Å²) < 4.78 is 13.7. The quantitative estimate of drug-likeness (QED) is 0.836. The summed E-state index contributed by atoms with van der Waals surface area (Å²) in [5.41, 5.74) is 3.55. The number of nitrogens with zero attached hydrogens (tertiary/aromatic N) is 1. The first-order chi connectivity index (χ1) is 12.1. The van der Waals surface area contributed by atoms with E-state index in [0.717, 1.165) is 49.7 Å². The van der Waals surface area contributed by atoms with E-state index in [1.807, 2.05) is 30.3 Å². The summed E-state index contributed by atoms with van der Waals surface area (Å²) in [6.07, 6.45) is 6.50. The fourth-order valence-corrected chi connectivity index (χ4v) is 4.12. The molecule has 0 aliphatic carbocycles. The van der Waals surface area contributed by atoms with Gasteiger partial charge in [-0.1, -0.05) is 35.9 Å². The second-order valence-electron chi connectivity index (χ2n) is 7.08. The van der Waals surface area contributed by atoms with Crippen LogP contribution in [0.1, 0.15) is 24.0 Å². The van der Waals surface area contributed by atoms with Crippen molar-refractivity contribution in [3.05, 3.63) is 70.5 Å². The van der Waals surface area contributed by atoms with Gasteiger partial charge in [0.1, 0.15) is 5.82 Å². The van der Waals surface area contributed by atoms with Crippen LogP contribution in [0.3, 0.4) is 0 Å². The summed E-state index contributed by atoms with van der Waals surface area (Å²) in [5, 5.41) is 4.23. The Morgan fingerprint density at radius 1 is 1.12 bits per heavy atom. The molecule has 2 aliphatic heterocycles. The van der Waals surface area contributed by atoms with Crippen LogP contribution in [0.5, 0.6) is 0 Å². The monoisotopic (exact) mass is 356 g/mol. The molecule has 1 N–H and O–H groups in total. The van der Waals surface area contributed by atoms with E-state index in [-0.39, 0.29) is 11.2 Å². The van der Waals surface area contributed by atoms with E-state index in [2.05, 4.69) is 22.4 Å². The van der Waals surface area contributed by atoms with Crippen molar-refractivity contribution in [1.82, 2.24) is 4.90 Å². The van der Waals surface area contributed by atoms with Gasteiger partial charge in [0.05, 0.1) is 0 Å². The lowest BCUT2D eigenvalue weighted by atomic mass is 9.74. The molecule has 1 saturated heterocycles. The minimum absolute atomic E-state index is 0.105. The zero-order valence-electron chi connectivity index (χ0n) is 14.1. The topological polar surface area (TPSA) is 15.3 Å². The molecule has 2 aromatic carbocycles. The highest BCUT2D eigenvalue weighted by molar-refractivity contribution is 6.30. The Morgan fingerprint density at radius 3 is 2.64 bits per heavy atom. The Bertz CT molecular complexity index is 777. The lowest BCUT2D eigenvalue weighted by molar-refractivity contribution is 0.183. The van der Waals surface area contributed by atoms with Crippen LogP contribution in [0.2, 0.25) is 5.02 Å². The average Bonchev–Trinajstić information content (AvgIpc) is 2.96. The van der Waals surface area contributed by atoms with Gasteiger partial charge in [-0.15, -0.1) is 0 Å². The van der Waals surface area contributed by atoms with E-state index in [1.54, 1.807) is 12.1 Å². The van der Waals surface area contributed by atoms with Gasteiger partial charge in [0.2, 0.25) is 0 Å². The lowest BCUT2D eigenvalue weighted by Crippen LogP contribution is -2.43. The second kappa shape index (κ2) is 6.81. The molecule has 0 bridgehead atoms. The highest BCUT2D eigenvalue weighted by Crippen LogP contribution is 2.44. The number of fused-ring (bicyclic) bond motifs is 2. The molecule has 4 heteroatoms. The summed E-state index contributed by atoms with van der Waals surface area (Å²) in [6, 6.07) is 13.0. The SMILES string of the molecule is Fc1ccc2c(c1)C1(CCN(C/C=C/c3ccc(Cl)cc3)CC1)CN2. The van der Waals surface area contributed by atoms with Gasteiger partial charge in [-0.05, 0) is 67.4 Å². The average molecular weight is 357 g/mol. The molecule has 4 rings (SSSR count). The van der Waals surface area contributed by atoms with Crippen LogP contribution < -0.4 is 5.32 Å². The second-order valence-corrected chi connectivity index (χ2v) is 7.51. The highest BCUT2D eigenvalue weighted by atomic mass is 35.5. The Labute approximate surface area is 153 Å². The van der Waals surface area contributed by atoms with Gasteiger partial charge >= 0.3 is 0 Å². The van der Waals surface area contributed by atoms with Crippen molar-refractivity contribution in [2.24, 2.45) is 0 Å². The number of benzene rings is 2. The standard InChI is InChI=1S/C21H22ClFN2/c22-17-5-3-16(4-6-17)2-1-11-25-12-9-21(10-13-25)15-24-20-8-7-18(23)14-19(20)21/h1-8,14,24H,9-13,15H2/b2-1+. The van der Waals surface area contributed by atoms with E-state index < -0.39 is 0 Å². The third kappa shape index (κ3) is 3.44.